The van der Waals surface area contributed by atoms with Gasteiger partial charge in [0.2, 0.25) is 11.9 Å². The standard InChI is InChI=1S/C14H14N6O2/c1-9-11(20-22-19-9)8-13(21)16-14-15-12(17-18-14)7-10-5-3-2-4-6-10/h2-6H,7-8H2,1H3,(H2,15,16,17,18,21). The van der Waals surface area contributed by atoms with Crippen LogP contribution in [-0.4, -0.2) is 31.4 Å². The van der Waals surface area contributed by atoms with Gasteiger partial charge in [-0.1, -0.05) is 40.6 Å². The first-order valence-electron chi connectivity index (χ1n) is 6.74. The van der Waals surface area contributed by atoms with Crippen LogP contribution in [0.1, 0.15) is 22.8 Å². The van der Waals surface area contributed by atoms with Crippen LogP contribution in [0, 0.1) is 6.92 Å². The lowest BCUT2D eigenvalue weighted by Gasteiger charge is -1.98. The maximum absolute atomic E-state index is 11.9. The summed E-state index contributed by atoms with van der Waals surface area (Å²) in [5, 5.41) is 16.7. The Kier molecular flexibility index (Phi) is 3.90. The van der Waals surface area contributed by atoms with Crippen LogP contribution in [0.2, 0.25) is 0 Å². The average molecular weight is 298 g/mol. The molecule has 0 unspecified atom stereocenters. The van der Waals surface area contributed by atoms with Gasteiger partial charge in [-0.05, 0) is 12.5 Å². The highest BCUT2D eigenvalue weighted by atomic mass is 16.6. The summed E-state index contributed by atoms with van der Waals surface area (Å²) in [6.07, 6.45) is 0.688. The first kappa shape index (κ1) is 13.9. The molecule has 0 saturated heterocycles. The van der Waals surface area contributed by atoms with Crippen molar-refractivity contribution in [2.24, 2.45) is 0 Å². The SMILES string of the molecule is Cc1nonc1CC(=O)Nc1n[nH]c(Cc2ccccc2)n1. The first-order chi connectivity index (χ1) is 10.7. The lowest BCUT2D eigenvalue weighted by molar-refractivity contribution is -0.115. The van der Waals surface area contributed by atoms with Gasteiger partial charge in [-0.2, -0.15) is 4.98 Å². The molecule has 0 saturated carbocycles. The zero-order chi connectivity index (χ0) is 15.4. The minimum atomic E-state index is -0.274. The molecule has 0 atom stereocenters. The fourth-order valence-corrected chi connectivity index (χ4v) is 1.95. The number of rotatable bonds is 5. The van der Waals surface area contributed by atoms with Crippen LogP contribution in [0.5, 0.6) is 0 Å². The lowest BCUT2D eigenvalue weighted by Crippen LogP contribution is -2.16. The number of aromatic nitrogens is 5. The third kappa shape index (κ3) is 3.35. The second kappa shape index (κ2) is 6.17. The lowest BCUT2D eigenvalue weighted by atomic mass is 10.1. The molecule has 0 bridgehead atoms. The van der Waals surface area contributed by atoms with E-state index in [1.165, 1.54) is 0 Å². The minimum Gasteiger partial charge on any atom is -0.293 e. The van der Waals surface area contributed by atoms with Gasteiger partial charge in [-0.15, -0.1) is 5.10 Å². The van der Waals surface area contributed by atoms with Gasteiger partial charge >= 0.3 is 0 Å². The summed E-state index contributed by atoms with van der Waals surface area (Å²) >= 11 is 0. The summed E-state index contributed by atoms with van der Waals surface area (Å²) in [6, 6.07) is 9.88. The van der Waals surface area contributed by atoms with E-state index in [0.717, 1.165) is 5.56 Å². The number of benzene rings is 1. The van der Waals surface area contributed by atoms with Gasteiger partial charge in [-0.25, -0.2) is 4.63 Å². The van der Waals surface area contributed by atoms with Crippen LogP contribution in [0.3, 0.4) is 0 Å². The molecule has 0 aliphatic carbocycles. The highest BCUT2D eigenvalue weighted by molar-refractivity contribution is 5.90. The molecule has 0 aliphatic heterocycles. The molecule has 3 aromatic rings. The number of aryl methyl sites for hydroxylation is 1. The van der Waals surface area contributed by atoms with Crippen molar-refractivity contribution in [1.82, 2.24) is 25.5 Å². The van der Waals surface area contributed by atoms with E-state index in [2.05, 4.69) is 35.4 Å². The fourth-order valence-electron chi connectivity index (χ4n) is 1.95. The van der Waals surface area contributed by atoms with Gasteiger partial charge in [0.05, 0.1) is 6.42 Å². The Labute approximate surface area is 125 Å². The quantitative estimate of drug-likeness (QED) is 0.734. The van der Waals surface area contributed by atoms with Crippen molar-refractivity contribution in [3.8, 4) is 0 Å². The molecule has 2 heterocycles. The molecular formula is C14H14N6O2. The molecule has 0 radical (unpaired) electrons. The van der Waals surface area contributed by atoms with E-state index < -0.39 is 0 Å². The second-order valence-electron chi connectivity index (χ2n) is 4.79. The number of carbonyl (C=O) groups is 1. The smallest absolute Gasteiger partial charge is 0.248 e. The Morgan fingerprint density at radius 3 is 2.82 bits per heavy atom. The topological polar surface area (TPSA) is 110 Å². The second-order valence-corrected chi connectivity index (χ2v) is 4.79. The normalized spacial score (nSPS) is 10.6. The van der Waals surface area contributed by atoms with E-state index in [1.807, 2.05) is 30.3 Å². The van der Waals surface area contributed by atoms with E-state index in [4.69, 9.17) is 0 Å². The molecule has 8 nitrogen and oxygen atoms in total. The van der Waals surface area contributed by atoms with Crippen LogP contribution in [-0.2, 0) is 17.6 Å². The van der Waals surface area contributed by atoms with Crippen molar-refractivity contribution in [2.45, 2.75) is 19.8 Å². The number of H-pyrrole nitrogens is 1. The van der Waals surface area contributed by atoms with Gasteiger partial charge in [-0.3, -0.25) is 15.2 Å². The van der Waals surface area contributed by atoms with Crippen molar-refractivity contribution < 1.29 is 9.42 Å². The average Bonchev–Trinajstić information content (AvgIpc) is 3.10. The number of hydrogen-bond acceptors (Lipinski definition) is 6. The predicted molar refractivity (Wildman–Crippen MR) is 77.0 cm³/mol. The molecule has 0 spiro atoms. The molecule has 2 N–H and O–H groups in total. The van der Waals surface area contributed by atoms with Crippen LogP contribution in [0.15, 0.2) is 35.0 Å². The minimum absolute atomic E-state index is 0.0674. The molecule has 1 aromatic carbocycles. The number of amides is 1. The third-order valence-corrected chi connectivity index (χ3v) is 3.07. The van der Waals surface area contributed by atoms with E-state index in [-0.39, 0.29) is 18.3 Å². The predicted octanol–water partition coefficient (Wildman–Crippen LogP) is 1.27. The van der Waals surface area contributed by atoms with E-state index in [0.29, 0.717) is 23.6 Å². The van der Waals surface area contributed by atoms with Crippen LogP contribution in [0.25, 0.3) is 0 Å². The van der Waals surface area contributed by atoms with Crippen molar-refractivity contribution >= 4 is 11.9 Å². The van der Waals surface area contributed by atoms with E-state index >= 15 is 0 Å². The van der Waals surface area contributed by atoms with Crippen LogP contribution in [0.4, 0.5) is 5.95 Å². The Morgan fingerprint density at radius 1 is 1.27 bits per heavy atom. The highest BCUT2D eigenvalue weighted by Crippen LogP contribution is 2.08. The molecule has 2 aromatic heterocycles. The summed E-state index contributed by atoms with van der Waals surface area (Å²) in [7, 11) is 0. The van der Waals surface area contributed by atoms with Gasteiger partial charge < -0.3 is 0 Å². The number of nitrogens with one attached hydrogen (secondary N) is 2. The molecule has 22 heavy (non-hydrogen) atoms. The summed E-state index contributed by atoms with van der Waals surface area (Å²) in [6.45, 7) is 1.73. The van der Waals surface area contributed by atoms with Gasteiger partial charge in [0.15, 0.2) is 0 Å². The van der Waals surface area contributed by atoms with Gasteiger partial charge in [0.1, 0.15) is 17.2 Å². The fraction of sp³-hybridized carbons (Fsp3) is 0.214. The first-order valence-corrected chi connectivity index (χ1v) is 6.74. The molecule has 8 heteroatoms. The van der Waals surface area contributed by atoms with Gasteiger partial charge in [0, 0.05) is 6.42 Å². The van der Waals surface area contributed by atoms with Crippen molar-refractivity contribution in [3.05, 3.63) is 53.1 Å². The summed E-state index contributed by atoms with van der Waals surface area (Å²) < 4.78 is 4.55. The molecule has 0 aliphatic rings. The Bertz CT molecular complexity index is 765. The van der Waals surface area contributed by atoms with Gasteiger partial charge in [0.25, 0.3) is 0 Å². The summed E-state index contributed by atoms with van der Waals surface area (Å²) in [5.41, 5.74) is 2.20. The molecular weight excluding hydrogens is 284 g/mol. The largest absolute Gasteiger partial charge is 0.293 e. The number of hydrogen-bond donors (Lipinski definition) is 2. The molecule has 0 fully saturated rings. The van der Waals surface area contributed by atoms with Crippen molar-refractivity contribution in [3.63, 3.8) is 0 Å². The van der Waals surface area contributed by atoms with E-state index in [9.17, 15) is 4.79 Å². The number of nitrogens with zero attached hydrogens (tertiary/aromatic N) is 4. The van der Waals surface area contributed by atoms with Crippen LogP contribution < -0.4 is 5.32 Å². The van der Waals surface area contributed by atoms with E-state index in [1.54, 1.807) is 6.92 Å². The number of carbonyl (C=O) groups excluding carboxylic acids is 1. The van der Waals surface area contributed by atoms with Crippen molar-refractivity contribution in [1.29, 1.82) is 0 Å². The summed E-state index contributed by atoms with van der Waals surface area (Å²) in [4.78, 5) is 16.1. The monoisotopic (exact) mass is 298 g/mol. The summed E-state index contributed by atoms with van der Waals surface area (Å²) in [5.74, 6) is 0.648. The Morgan fingerprint density at radius 2 is 2.09 bits per heavy atom. The molecule has 112 valence electrons. The maximum Gasteiger partial charge on any atom is 0.248 e. The maximum atomic E-state index is 11.9. The third-order valence-electron chi connectivity index (χ3n) is 3.07. The molecule has 1 amide bonds. The zero-order valence-electron chi connectivity index (χ0n) is 11.9. The Balaban J connectivity index is 1.59. The number of anilines is 1. The van der Waals surface area contributed by atoms with Crippen molar-refractivity contribution in [2.75, 3.05) is 5.32 Å². The molecule has 3 rings (SSSR count). The number of aromatic amines is 1. The van der Waals surface area contributed by atoms with Crippen LogP contribution >= 0.6 is 0 Å². The Hall–Kier alpha value is -3.03. The zero-order valence-corrected chi connectivity index (χ0v) is 11.9. The highest BCUT2D eigenvalue weighted by Gasteiger charge is 2.13.